The standard InChI is InChI=1S/C15H11BrN2O2S/c16-11-8-4-5-9-12(11)17-13-14(19)18(15(20)21-13)10-6-2-1-3-7-10/h1-9,13,17H/t13-/m1/s1. The molecule has 0 unspecified atom stereocenters. The Morgan fingerprint density at radius 2 is 1.67 bits per heavy atom. The van der Waals surface area contributed by atoms with E-state index in [0.29, 0.717) is 5.69 Å². The zero-order valence-electron chi connectivity index (χ0n) is 10.8. The number of halogens is 1. The lowest BCUT2D eigenvalue weighted by Gasteiger charge is -2.15. The van der Waals surface area contributed by atoms with Crippen molar-refractivity contribution in [3.63, 3.8) is 0 Å². The number of anilines is 2. The Bertz CT molecular complexity index is 693. The van der Waals surface area contributed by atoms with Gasteiger partial charge in [0.05, 0.1) is 5.69 Å². The summed E-state index contributed by atoms with van der Waals surface area (Å²) < 4.78 is 0.851. The number of imide groups is 1. The van der Waals surface area contributed by atoms with E-state index in [4.69, 9.17) is 0 Å². The van der Waals surface area contributed by atoms with Gasteiger partial charge in [-0.05, 0) is 52.0 Å². The van der Waals surface area contributed by atoms with Crippen LogP contribution >= 0.6 is 27.7 Å². The molecule has 4 nitrogen and oxygen atoms in total. The van der Waals surface area contributed by atoms with Crippen LogP contribution in [0.3, 0.4) is 0 Å². The number of hydrogen-bond acceptors (Lipinski definition) is 4. The van der Waals surface area contributed by atoms with Gasteiger partial charge in [-0.2, -0.15) is 0 Å². The third-order valence-electron chi connectivity index (χ3n) is 3.02. The molecule has 0 saturated carbocycles. The molecule has 1 N–H and O–H groups in total. The molecule has 1 fully saturated rings. The fraction of sp³-hybridized carbons (Fsp3) is 0.0667. The summed E-state index contributed by atoms with van der Waals surface area (Å²) in [6, 6.07) is 16.4. The smallest absolute Gasteiger partial charge is 0.295 e. The van der Waals surface area contributed by atoms with Crippen molar-refractivity contribution in [2.75, 3.05) is 10.2 Å². The van der Waals surface area contributed by atoms with E-state index in [-0.39, 0.29) is 11.1 Å². The number of rotatable bonds is 3. The molecule has 0 spiro atoms. The minimum atomic E-state index is -0.614. The summed E-state index contributed by atoms with van der Waals surface area (Å²) in [4.78, 5) is 25.7. The monoisotopic (exact) mass is 362 g/mol. The molecule has 1 atom stereocenters. The Hall–Kier alpha value is -1.79. The minimum absolute atomic E-state index is 0.257. The van der Waals surface area contributed by atoms with Crippen LogP contribution in [-0.4, -0.2) is 16.5 Å². The number of para-hydroxylation sites is 2. The van der Waals surface area contributed by atoms with Crippen LogP contribution in [0.1, 0.15) is 0 Å². The Morgan fingerprint density at radius 3 is 2.38 bits per heavy atom. The van der Waals surface area contributed by atoms with Crippen LogP contribution in [0.4, 0.5) is 16.2 Å². The molecule has 0 bridgehead atoms. The highest BCUT2D eigenvalue weighted by Gasteiger charge is 2.40. The maximum atomic E-state index is 12.4. The Kier molecular flexibility index (Phi) is 3.98. The van der Waals surface area contributed by atoms with Gasteiger partial charge in [0.1, 0.15) is 0 Å². The molecule has 2 aromatic carbocycles. The van der Waals surface area contributed by atoms with Crippen LogP contribution in [0.25, 0.3) is 0 Å². The average Bonchev–Trinajstić information content (AvgIpc) is 2.77. The minimum Gasteiger partial charge on any atom is -0.364 e. The molecule has 1 aliphatic heterocycles. The molecule has 1 aliphatic rings. The second kappa shape index (κ2) is 5.91. The van der Waals surface area contributed by atoms with Crippen molar-refractivity contribution in [2.24, 2.45) is 0 Å². The number of thioether (sulfide) groups is 1. The van der Waals surface area contributed by atoms with Crippen molar-refractivity contribution >= 4 is 50.2 Å². The predicted octanol–water partition coefficient (Wildman–Crippen LogP) is 4.09. The van der Waals surface area contributed by atoms with Gasteiger partial charge >= 0.3 is 0 Å². The number of carbonyl (C=O) groups is 2. The Labute approximate surface area is 134 Å². The number of carbonyl (C=O) groups excluding carboxylic acids is 2. The van der Waals surface area contributed by atoms with E-state index in [9.17, 15) is 9.59 Å². The molecule has 0 aromatic heterocycles. The molecular weight excluding hydrogens is 352 g/mol. The summed E-state index contributed by atoms with van der Waals surface area (Å²) in [6.07, 6.45) is 0. The topological polar surface area (TPSA) is 49.4 Å². The second-order valence-electron chi connectivity index (χ2n) is 4.40. The molecule has 2 amide bonds. The van der Waals surface area contributed by atoms with E-state index < -0.39 is 5.37 Å². The second-order valence-corrected chi connectivity index (χ2v) is 6.31. The summed E-state index contributed by atoms with van der Waals surface area (Å²) in [7, 11) is 0. The molecule has 2 aromatic rings. The lowest BCUT2D eigenvalue weighted by molar-refractivity contribution is -0.116. The third kappa shape index (κ3) is 2.82. The van der Waals surface area contributed by atoms with E-state index in [2.05, 4.69) is 21.2 Å². The Balaban J connectivity index is 1.83. The van der Waals surface area contributed by atoms with Crippen LogP contribution in [0.15, 0.2) is 59.1 Å². The highest BCUT2D eigenvalue weighted by atomic mass is 79.9. The zero-order chi connectivity index (χ0) is 14.8. The molecule has 6 heteroatoms. The van der Waals surface area contributed by atoms with Gasteiger partial charge in [0.15, 0.2) is 5.37 Å². The van der Waals surface area contributed by atoms with Gasteiger partial charge in [0, 0.05) is 10.2 Å². The van der Waals surface area contributed by atoms with Crippen LogP contribution in [0, 0.1) is 0 Å². The van der Waals surface area contributed by atoms with Crippen molar-refractivity contribution in [1.82, 2.24) is 0 Å². The van der Waals surface area contributed by atoms with Gasteiger partial charge in [0.25, 0.3) is 11.1 Å². The summed E-state index contributed by atoms with van der Waals surface area (Å²) in [5, 5.41) is 2.21. The van der Waals surface area contributed by atoms with Gasteiger partial charge in [-0.3, -0.25) is 9.59 Å². The predicted molar refractivity (Wildman–Crippen MR) is 88.5 cm³/mol. The molecule has 1 heterocycles. The maximum absolute atomic E-state index is 12.4. The molecule has 106 valence electrons. The number of hydrogen-bond donors (Lipinski definition) is 1. The number of benzene rings is 2. The van der Waals surface area contributed by atoms with Crippen molar-refractivity contribution in [2.45, 2.75) is 5.37 Å². The fourth-order valence-corrected chi connectivity index (χ4v) is 3.33. The highest BCUT2D eigenvalue weighted by molar-refractivity contribution is 9.10. The van der Waals surface area contributed by atoms with Gasteiger partial charge in [-0.15, -0.1) is 0 Å². The normalized spacial score (nSPS) is 18.1. The van der Waals surface area contributed by atoms with E-state index >= 15 is 0 Å². The summed E-state index contributed by atoms with van der Waals surface area (Å²) >= 11 is 4.40. The summed E-state index contributed by atoms with van der Waals surface area (Å²) in [5.41, 5.74) is 1.38. The molecule has 0 aliphatic carbocycles. The van der Waals surface area contributed by atoms with E-state index in [1.807, 2.05) is 30.3 Å². The molecule has 21 heavy (non-hydrogen) atoms. The summed E-state index contributed by atoms with van der Waals surface area (Å²) in [5.74, 6) is -0.257. The van der Waals surface area contributed by atoms with Crippen LogP contribution in [0.2, 0.25) is 0 Å². The van der Waals surface area contributed by atoms with Crippen LogP contribution < -0.4 is 10.2 Å². The van der Waals surface area contributed by atoms with Gasteiger partial charge in [-0.1, -0.05) is 30.3 Å². The maximum Gasteiger partial charge on any atom is 0.295 e. The zero-order valence-corrected chi connectivity index (χ0v) is 13.2. The van der Waals surface area contributed by atoms with Gasteiger partial charge in [0.2, 0.25) is 0 Å². The lowest BCUT2D eigenvalue weighted by Crippen LogP contribution is -2.34. The van der Waals surface area contributed by atoms with Crippen LogP contribution in [-0.2, 0) is 4.79 Å². The highest BCUT2D eigenvalue weighted by Crippen LogP contribution is 2.33. The van der Waals surface area contributed by atoms with Gasteiger partial charge < -0.3 is 5.32 Å². The van der Waals surface area contributed by atoms with E-state index in [1.165, 1.54) is 4.90 Å². The Morgan fingerprint density at radius 1 is 1.00 bits per heavy atom. The largest absolute Gasteiger partial charge is 0.364 e. The molecular formula is C15H11BrN2O2S. The first kappa shape index (κ1) is 14.2. The third-order valence-corrected chi connectivity index (χ3v) is 4.65. The quantitative estimate of drug-likeness (QED) is 0.893. The fourth-order valence-electron chi connectivity index (χ4n) is 2.03. The van der Waals surface area contributed by atoms with E-state index in [1.54, 1.807) is 24.3 Å². The number of nitrogens with one attached hydrogen (secondary N) is 1. The molecule has 1 saturated heterocycles. The average molecular weight is 363 g/mol. The van der Waals surface area contributed by atoms with Crippen molar-refractivity contribution < 1.29 is 9.59 Å². The number of amides is 2. The lowest BCUT2D eigenvalue weighted by atomic mass is 10.3. The van der Waals surface area contributed by atoms with Crippen molar-refractivity contribution in [1.29, 1.82) is 0 Å². The van der Waals surface area contributed by atoms with Crippen molar-refractivity contribution in [3.8, 4) is 0 Å². The first-order chi connectivity index (χ1) is 10.2. The number of nitrogens with zero attached hydrogens (tertiary/aromatic N) is 1. The molecule has 3 rings (SSSR count). The SMILES string of the molecule is O=C1S[C@@H](Nc2ccccc2Br)C(=O)N1c1ccccc1. The van der Waals surface area contributed by atoms with E-state index in [0.717, 1.165) is 21.9 Å². The molecule has 0 radical (unpaired) electrons. The summed E-state index contributed by atoms with van der Waals surface area (Å²) in [6.45, 7) is 0. The van der Waals surface area contributed by atoms with Crippen LogP contribution in [0.5, 0.6) is 0 Å². The first-order valence-corrected chi connectivity index (χ1v) is 7.95. The van der Waals surface area contributed by atoms with Crippen molar-refractivity contribution in [3.05, 3.63) is 59.1 Å². The first-order valence-electron chi connectivity index (χ1n) is 6.27. The van der Waals surface area contributed by atoms with Gasteiger partial charge in [-0.25, -0.2) is 4.90 Å².